The summed E-state index contributed by atoms with van der Waals surface area (Å²) >= 11 is 1.57. The highest BCUT2D eigenvalue weighted by atomic mass is 32.1. The van der Waals surface area contributed by atoms with Gasteiger partial charge in [0.1, 0.15) is 0 Å². The summed E-state index contributed by atoms with van der Waals surface area (Å²) in [6.07, 6.45) is 0. The molecule has 0 unspecified atom stereocenters. The molecule has 2 amide bonds. The summed E-state index contributed by atoms with van der Waals surface area (Å²) < 4.78 is 0. The van der Waals surface area contributed by atoms with E-state index in [0.717, 1.165) is 16.0 Å². The van der Waals surface area contributed by atoms with Crippen LogP contribution in [0.1, 0.15) is 35.9 Å². The highest BCUT2D eigenvalue weighted by molar-refractivity contribution is 7.10. The average Bonchev–Trinajstić information content (AvgIpc) is 2.96. The fourth-order valence-electron chi connectivity index (χ4n) is 2.48. The van der Waals surface area contributed by atoms with Crippen molar-refractivity contribution in [3.8, 4) is 0 Å². The molecular formula is C18H22N2O2S. The highest BCUT2D eigenvalue weighted by Gasteiger charge is 2.23. The van der Waals surface area contributed by atoms with Gasteiger partial charge in [-0.15, -0.1) is 11.3 Å². The van der Waals surface area contributed by atoms with Crippen molar-refractivity contribution in [2.75, 3.05) is 5.32 Å². The second kappa shape index (κ2) is 7.42. The molecule has 2 aromatic rings. The predicted octanol–water partition coefficient (Wildman–Crippen LogP) is 3.82. The molecule has 0 spiro atoms. The molecule has 1 heterocycles. The minimum absolute atomic E-state index is 0.160. The Labute approximate surface area is 140 Å². The van der Waals surface area contributed by atoms with E-state index in [0.29, 0.717) is 5.69 Å². The van der Waals surface area contributed by atoms with E-state index in [1.807, 2.05) is 63.4 Å². The van der Waals surface area contributed by atoms with Crippen LogP contribution in [-0.2, 0) is 9.59 Å². The first kappa shape index (κ1) is 17.2. The van der Waals surface area contributed by atoms with Gasteiger partial charge in [-0.2, -0.15) is 0 Å². The molecule has 1 aromatic carbocycles. The van der Waals surface area contributed by atoms with E-state index < -0.39 is 11.8 Å². The lowest BCUT2D eigenvalue weighted by Gasteiger charge is -2.21. The molecular weight excluding hydrogens is 308 g/mol. The molecule has 0 saturated carbocycles. The van der Waals surface area contributed by atoms with E-state index in [-0.39, 0.29) is 12.0 Å². The van der Waals surface area contributed by atoms with Crippen LogP contribution in [0, 0.1) is 19.8 Å². The summed E-state index contributed by atoms with van der Waals surface area (Å²) in [4.78, 5) is 25.4. The van der Waals surface area contributed by atoms with Gasteiger partial charge in [-0.1, -0.05) is 26.0 Å². The Morgan fingerprint density at radius 2 is 1.70 bits per heavy atom. The van der Waals surface area contributed by atoms with Gasteiger partial charge in [0.05, 0.1) is 6.04 Å². The van der Waals surface area contributed by atoms with Crippen LogP contribution in [0.25, 0.3) is 0 Å². The van der Waals surface area contributed by atoms with E-state index in [1.54, 1.807) is 11.3 Å². The summed E-state index contributed by atoms with van der Waals surface area (Å²) in [5.41, 5.74) is 2.72. The molecule has 0 fully saturated rings. The van der Waals surface area contributed by atoms with Crippen LogP contribution < -0.4 is 10.6 Å². The Balaban J connectivity index is 2.05. The molecule has 23 heavy (non-hydrogen) atoms. The monoisotopic (exact) mass is 330 g/mol. The Morgan fingerprint density at radius 3 is 2.22 bits per heavy atom. The molecule has 0 bridgehead atoms. The maximum atomic E-state index is 12.2. The predicted molar refractivity (Wildman–Crippen MR) is 94.6 cm³/mol. The first-order valence-corrected chi connectivity index (χ1v) is 8.48. The van der Waals surface area contributed by atoms with Gasteiger partial charge in [0, 0.05) is 10.6 Å². The number of carbonyl (C=O) groups is 2. The van der Waals surface area contributed by atoms with Crippen LogP contribution in [0.15, 0.2) is 35.7 Å². The zero-order valence-electron chi connectivity index (χ0n) is 13.8. The molecule has 0 aliphatic heterocycles. The van der Waals surface area contributed by atoms with Crippen LogP contribution in [0.4, 0.5) is 5.69 Å². The lowest BCUT2D eigenvalue weighted by atomic mass is 10.0. The Hall–Kier alpha value is -2.14. The SMILES string of the molecule is Cc1cc(C)cc(NC(=O)C(=O)N[C@H](c2cccs2)C(C)C)c1. The number of hydrogen-bond donors (Lipinski definition) is 2. The number of anilines is 1. The third kappa shape index (κ3) is 4.66. The zero-order valence-corrected chi connectivity index (χ0v) is 14.7. The normalized spacial score (nSPS) is 12.0. The smallest absolute Gasteiger partial charge is 0.313 e. The first-order valence-electron chi connectivity index (χ1n) is 7.60. The molecule has 0 aliphatic carbocycles. The molecule has 0 radical (unpaired) electrons. The number of nitrogens with one attached hydrogen (secondary N) is 2. The number of rotatable bonds is 4. The van der Waals surface area contributed by atoms with E-state index in [1.165, 1.54) is 0 Å². The Morgan fingerprint density at radius 1 is 1.04 bits per heavy atom. The van der Waals surface area contributed by atoms with Gasteiger partial charge in [-0.05, 0) is 54.5 Å². The average molecular weight is 330 g/mol. The second-order valence-electron chi connectivity index (χ2n) is 6.04. The Kier molecular flexibility index (Phi) is 5.55. The van der Waals surface area contributed by atoms with Gasteiger partial charge >= 0.3 is 11.8 Å². The van der Waals surface area contributed by atoms with Gasteiger partial charge in [-0.3, -0.25) is 9.59 Å². The summed E-state index contributed by atoms with van der Waals surface area (Å²) in [6, 6.07) is 9.46. The zero-order chi connectivity index (χ0) is 17.0. The number of hydrogen-bond acceptors (Lipinski definition) is 3. The van der Waals surface area contributed by atoms with Crippen molar-refractivity contribution in [1.82, 2.24) is 5.32 Å². The van der Waals surface area contributed by atoms with Gasteiger partial charge in [0.15, 0.2) is 0 Å². The van der Waals surface area contributed by atoms with Crippen LogP contribution in [-0.4, -0.2) is 11.8 Å². The summed E-state index contributed by atoms with van der Waals surface area (Å²) in [7, 11) is 0. The van der Waals surface area contributed by atoms with Crippen LogP contribution in [0.3, 0.4) is 0 Å². The summed E-state index contributed by atoms with van der Waals surface area (Å²) in [5, 5.41) is 7.46. The molecule has 1 atom stereocenters. The van der Waals surface area contributed by atoms with Crippen molar-refractivity contribution in [3.63, 3.8) is 0 Å². The highest BCUT2D eigenvalue weighted by Crippen LogP contribution is 2.25. The van der Waals surface area contributed by atoms with Crippen molar-refractivity contribution in [1.29, 1.82) is 0 Å². The molecule has 0 aliphatic rings. The van der Waals surface area contributed by atoms with Crippen molar-refractivity contribution in [2.45, 2.75) is 33.7 Å². The number of amides is 2. The fourth-order valence-corrected chi connectivity index (χ4v) is 3.43. The largest absolute Gasteiger partial charge is 0.340 e. The maximum Gasteiger partial charge on any atom is 0.313 e. The molecule has 2 N–H and O–H groups in total. The van der Waals surface area contributed by atoms with E-state index in [4.69, 9.17) is 0 Å². The lowest BCUT2D eigenvalue weighted by molar-refractivity contribution is -0.136. The number of benzene rings is 1. The van der Waals surface area contributed by atoms with Crippen molar-refractivity contribution >= 4 is 28.8 Å². The fraction of sp³-hybridized carbons (Fsp3) is 0.333. The number of thiophene rings is 1. The quantitative estimate of drug-likeness (QED) is 0.837. The van der Waals surface area contributed by atoms with Crippen molar-refractivity contribution in [3.05, 3.63) is 51.7 Å². The third-order valence-corrected chi connectivity index (χ3v) is 4.44. The van der Waals surface area contributed by atoms with Gasteiger partial charge < -0.3 is 10.6 Å². The summed E-state index contributed by atoms with van der Waals surface area (Å²) in [6.45, 7) is 7.95. The van der Waals surface area contributed by atoms with Crippen molar-refractivity contribution < 1.29 is 9.59 Å². The minimum Gasteiger partial charge on any atom is -0.340 e. The van der Waals surface area contributed by atoms with Gasteiger partial charge in [0.2, 0.25) is 0 Å². The maximum absolute atomic E-state index is 12.2. The summed E-state index contributed by atoms with van der Waals surface area (Å²) in [5.74, 6) is -1.06. The number of aryl methyl sites for hydroxylation is 2. The molecule has 1 aromatic heterocycles. The number of carbonyl (C=O) groups excluding carboxylic acids is 2. The molecule has 122 valence electrons. The topological polar surface area (TPSA) is 58.2 Å². The van der Waals surface area contributed by atoms with E-state index >= 15 is 0 Å². The Bertz CT molecular complexity index is 673. The minimum atomic E-state index is -0.641. The molecule has 4 nitrogen and oxygen atoms in total. The van der Waals surface area contributed by atoms with Crippen LogP contribution >= 0.6 is 11.3 Å². The second-order valence-corrected chi connectivity index (χ2v) is 7.02. The van der Waals surface area contributed by atoms with Crippen molar-refractivity contribution in [2.24, 2.45) is 5.92 Å². The lowest BCUT2D eigenvalue weighted by Crippen LogP contribution is -2.39. The molecule has 0 saturated heterocycles. The first-order chi connectivity index (χ1) is 10.9. The standard InChI is InChI=1S/C18H22N2O2S/c1-11(2)16(15-6-5-7-23-15)20-18(22)17(21)19-14-9-12(3)8-13(4)10-14/h5-11,16H,1-4H3,(H,19,21)(H,20,22)/t16-/m0/s1. The molecule has 5 heteroatoms. The van der Waals surface area contributed by atoms with E-state index in [2.05, 4.69) is 10.6 Å². The van der Waals surface area contributed by atoms with Gasteiger partial charge in [0.25, 0.3) is 0 Å². The molecule has 2 rings (SSSR count). The van der Waals surface area contributed by atoms with Crippen LogP contribution in [0.5, 0.6) is 0 Å². The van der Waals surface area contributed by atoms with E-state index in [9.17, 15) is 9.59 Å². The van der Waals surface area contributed by atoms with Crippen LogP contribution in [0.2, 0.25) is 0 Å². The third-order valence-electron chi connectivity index (χ3n) is 3.49. The van der Waals surface area contributed by atoms with Gasteiger partial charge in [-0.25, -0.2) is 0 Å².